The molecule has 14 heavy (non-hydrogen) atoms. The molecule has 2 heterocycles. The van der Waals surface area contributed by atoms with Gasteiger partial charge >= 0.3 is 0 Å². The molecule has 0 bridgehead atoms. The minimum Gasteiger partial charge on any atom is -0.381 e. The molecule has 0 saturated carbocycles. The Labute approximate surface area is 86.6 Å². The molecule has 0 unspecified atom stereocenters. The number of nitrogens with zero attached hydrogens (tertiary/aromatic N) is 1. The summed E-state index contributed by atoms with van der Waals surface area (Å²) in [5, 5.41) is 0. The van der Waals surface area contributed by atoms with E-state index in [1.807, 2.05) is 0 Å². The molecule has 2 aliphatic heterocycles. The van der Waals surface area contributed by atoms with Crippen LogP contribution in [0.4, 0.5) is 0 Å². The van der Waals surface area contributed by atoms with Crippen molar-refractivity contribution in [2.24, 2.45) is 11.1 Å². The van der Waals surface area contributed by atoms with E-state index in [-0.39, 0.29) is 0 Å². The largest absolute Gasteiger partial charge is 0.381 e. The van der Waals surface area contributed by atoms with Crippen LogP contribution in [0.5, 0.6) is 0 Å². The first-order chi connectivity index (χ1) is 6.70. The average Bonchev–Trinajstić information content (AvgIpc) is 2.49. The molecule has 0 aromatic rings. The summed E-state index contributed by atoms with van der Waals surface area (Å²) >= 11 is 0. The first kappa shape index (κ1) is 10.4. The standard InChI is InChI=1S/C11H22N2O/c1-10(12)8-13-5-2-11(9-13)3-6-14-7-4-11/h10H,2-9,12H2,1H3/t10-/m1/s1. The molecule has 0 aliphatic carbocycles. The maximum atomic E-state index is 5.82. The number of ether oxygens (including phenoxy) is 1. The Balaban J connectivity index is 1.86. The van der Waals surface area contributed by atoms with Crippen LogP contribution in [0.15, 0.2) is 0 Å². The predicted octanol–water partition coefficient (Wildman–Crippen LogP) is 0.836. The Hall–Kier alpha value is -0.120. The zero-order valence-electron chi connectivity index (χ0n) is 9.17. The van der Waals surface area contributed by atoms with Crippen molar-refractivity contribution in [3.05, 3.63) is 0 Å². The van der Waals surface area contributed by atoms with Crippen LogP contribution in [-0.2, 0) is 4.74 Å². The maximum Gasteiger partial charge on any atom is 0.0471 e. The Kier molecular flexibility index (Phi) is 3.10. The van der Waals surface area contributed by atoms with E-state index < -0.39 is 0 Å². The van der Waals surface area contributed by atoms with E-state index in [4.69, 9.17) is 10.5 Å². The Morgan fingerprint density at radius 1 is 1.36 bits per heavy atom. The number of rotatable bonds is 2. The molecule has 2 rings (SSSR count). The highest BCUT2D eigenvalue weighted by molar-refractivity contribution is 4.91. The van der Waals surface area contributed by atoms with E-state index in [0.717, 1.165) is 19.8 Å². The molecule has 3 nitrogen and oxygen atoms in total. The van der Waals surface area contributed by atoms with Gasteiger partial charge in [0.15, 0.2) is 0 Å². The highest BCUT2D eigenvalue weighted by atomic mass is 16.5. The SMILES string of the molecule is C[C@@H](N)CN1CCC2(CCOCC2)C1. The zero-order chi connectivity index (χ0) is 10.0. The third kappa shape index (κ3) is 2.27. The monoisotopic (exact) mass is 198 g/mol. The van der Waals surface area contributed by atoms with Crippen LogP contribution in [0.3, 0.4) is 0 Å². The molecule has 2 aliphatic rings. The molecule has 0 aromatic carbocycles. The van der Waals surface area contributed by atoms with Crippen molar-refractivity contribution in [2.45, 2.75) is 32.2 Å². The van der Waals surface area contributed by atoms with Gasteiger partial charge in [-0.3, -0.25) is 0 Å². The minimum atomic E-state index is 0.310. The lowest BCUT2D eigenvalue weighted by Crippen LogP contribution is -2.37. The van der Waals surface area contributed by atoms with Gasteiger partial charge in [0, 0.05) is 32.3 Å². The first-order valence-electron chi connectivity index (χ1n) is 5.76. The normalized spacial score (nSPS) is 29.6. The molecule has 0 amide bonds. The average molecular weight is 198 g/mol. The van der Waals surface area contributed by atoms with E-state index in [1.54, 1.807) is 0 Å². The van der Waals surface area contributed by atoms with E-state index in [2.05, 4.69) is 11.8 Å². The topological polar surface area (TPSA) is 38.5 Å². The van der Waals surface area contributed by atoms with Gasteiger partial charge in [0.1, 0.15) is 0 Å². The van der Waals surface area contributed by atoms with Crippen LogP contribution < -0.4 is 5.73 Å². The summed E-state index contributed by atoms with van der Waals surface area (Å²) in [4.78, 5) is 2.52. The van der Waals surface area contributed by atoms with Gasteiger partial charge in [0.25, 0.3) is 0 Å². The number of likely N-dealkylation sites (tertiary alicyclic amines) is 1. The molecule has 2 fully saturated rings. The van der Waals surface area contributed by atoms with Gasteiger partial charge in [-0.05, 0) is 38.1 Å². The van der Waals surface area contributed by atoms with Crippen LogP contribution >= 0.6 is 0 Å². The van der Waals surface area contributed by atoms with E-state index >= 15 is 0 Å². The fraction of sp³-hybridized carbons (Fsp3) is 1.00. The molecule has 82 valence electrons. The van der Waals surface area contributed by atoms with Crippen molar-refractivity contribution in [3.63, 3.8) is 0 Å². The molecule has 2 saturated heterocycles. The van der Waals surface area contributed by atoms with Gasteiger partial charge in [-0.15, -0.1) is 0 Å². The summed E-state index contributed by atoms with van der Waals surface area (Å²) in [6, 6.07) is 0.310. The fourth-order valence-corrected chi connectivity index (χ4v) is 2.80. The molecular formula is C11H22N2O. The van der Waals surface area contributed by atoms with Crippen molar-refractivity contribution >= 4 is 0 Å². The van der Waals surface area contributed by atoms with Crippen LogP contribution in [0.1, 0.15) is 26.2 Å². The van der Waals surface area contributed by atoms with Crippen LogP contribution in [0.25, 0.3) is 0 Å². The zero-order valence-corrected chi connectivity index (χ0v) is 9.17. The van der Waals surface area contributed by atoms with E-state index in [1.165, 1.54) is 32.4 Å². The quantitative estimate of drug-likeness (QED) is 0.714. The third-order valence-electron chi connectivity index (χ3n) is 3.62. The molecule has 3 heteroatoms. The second kappa shape index (κ2) is 4.17. The van der Waals surface area contributed by atoms with E-state index in [9.17, 15) is 0 Å². The van der Waals surface area contributed by atoms with Crippen LogP contribution in [0, 0.1) is 5.41 Å². The van der Waals surface area contributed by atoms with E-state index in [0.29, 0.717) is 11.5 Å². The van der Waals surface area contributed by atoms with Crippen molar-refractivity contribution in [1.29, 1.82) is 0 Å². The summed E-state index contributed by atoms with van der Waals surface area (Å²) in [7, 11) is 0. The number of nitrogens with two attached hydrogens (primary N) is 1. The lowest BCUT2D eigenvalue weighted by atomic mass is 9.80. The van der Waals surface area contributed by atoms with Gasteiger partial charge in [-0.1, -0.05) is 0 Å². The summed E-state index contributed by atoms with van der Waals surface area (Å²) in [5.74, 6) is 0. The fourth-order valence-electron chi connectivity index (χ4n) is 2.80. The minimum absolute atomic E-state index is 0.310. The Morgan fingerprint density at radius 2 is 2.07 bits per heavy atom. The highest BCUT2D eigenvalue weighted by Gasteiger charge is 2.39. The Bertz CT molecular complexity index is 188. The molecule has 1 spiro atoms. The van der Waals surface area contributed by atoms with Gasteiger partial charge < -0.3 is 15.4 Å². The summed E-state index contributed by atoms with van der Waals surface area (Å²) in [6.45, 7) is 7.56. The number of hydrogen-bond acceptors (Lipinski definition) is 3. The van der Waals surface area contributed by atoms with Crippen LogP contribution in [-0.4, -0.2) is 43.8 Å². The van der Waals surface area contributed by atoms with Crippen LogP contribution in [0.2, 0.25) is 0 Å². The summed E-state index contributed by atoms with van der Waals surface area (Å²) in [6.07, 6.45) is 3.86. The Morgan fingerprint density at radius 3 is 2.71 bits per heavy atom. The van der Waals surface area contributed by atoms with Gasteiger partial charge in [-0.2, -0.15) is 0 Å². The number of hydrogen-bond donors (Lipinski definition) is 1. The van der Waals surface area contributed by atoms with Gasteiger partial charge in [0.2, 0.25) is 0 Å². The summed E-state index contributed by atoms with van der Waals surface area (Å²) in [5.41, 5.74) is 6.40. The lowest BCUT2D eigenvalue weighted by Gasteiger charge is -2.33. The summed E-state index contributed by atoms with van der Waals surface area (Å²) < 4.78 is 5.43. The molecular weight excluding hydrogens is 176 g/mol. The second-order valence-electron chi connectivity index (χ2n) is 5.07. The molecule has 2 N–H and O–H groups in total. The molecule has 0 aromatic heterocycles. The smallest absolute Gasteiger partial charge is 0.0471 e. The van der Waals surface area contributed by atoms with Gasteiger partial charge in [-0.25, -0.2) is 0 Å². The van der Waals surface area contributed by atoms with Crippen molar-refractivity contribution in [1.82, 2.24) is 4.90 Å². The van der Waals surface area contributed by atoms with Crippen molar-refractivity contribution < 1.29 is 4.74 Å². The molecule has 1 atom stereocenters. The first-order valence-corrected chi connectivity index (χ1v) is 5.76. The van der Waals surface area contributed by atoms with Crippen molar-refractivity contribution in [3.8, 4) is 0 Å². The van der Waals surface area contributed by atoms with Gasteiger partial charge in [0.05, 0.1) is 0 Å². The second-order valence-corrected chi connectivity index (χ2v) is 5.07. The molecule has 0 radical (unpaired) electrons. The third-order valence-corrected chi connectivity index (χ3v) is 3.62. The van der Waals surface area contributed by atoms with Crippen molar-refractivity contribution in [2.75, 3.05) is 32.8 Å². The highest BCUT2D eigenvalue weighted by Crippen LogP contribution is 2.39. The lowest BCUT2D eigenvalue weighted by molar-refractivity contribution is 0.0192. The predicted molar refractivity (Wildman–Crippen MR) is 57.2 cm³/mol. The maximum absolute atomic E-state index is 5.82.